The number of benzene rings is 2. The Hall–Kier alpha value is -3.62. The van der Waals surface area contributed by atoms with Crippen molar-refractivity contribution < 1.29 is 49.4 Å². The molecule has 15 heteroatoms. The van der Waals surface area contributed by atoms with E-state index in [-0.39, 0.29) is 41.0 Å². The minimum absolute atomic E-state index is 0.0114. The van der Waals surface area contributed by atoms with E-state index in [0.717, 1.165) is 28.6 Å². The van der Waals surface area contributed by atoms with Crippen molar-refractivity contribution >= 4 is 33.4 Å². The van der Waals surface area contributed by atoms with Crippen LogP contribution in [-0.4, -0.2) is 58.1 Å². The summed E-state index contributed by atoms with van der Waals surface area (Å²) >= 11 is 0. The molecule has 38 heavy (non-hydrogen) atoms. The molecular formula is C23H22F5N3O6S. The van der Waals surface area contributed by atoms with E-state index in [1.807, 2.05) is 0 Å². The molecule has 1 fully saturated rings. The van der Waals surface area contributed by atoms with Gasteiger partial charge in [-0.1, -0.05) is 0 Å². The van der Waals surface area contributed by atoms with E-state index in [2.05, 4.69) is 15.4 Å². The molecule has 1 aliphatic heterocycles. The van der Waals surface area contributed by atoms with Crippen LogP contribution in [0.25, 0.3) is 0 Å². The average molecular weight is 564 g/mol. The van der Waals surface area contributed by atoms with Gasteiger partial charge in [0.25, 0.3) is 10.0 Å². The Kier molecular flexibility index (Phi) is 7.16. The summed E-state index contributed by atoms with van der Waals surface area (Å²) < 4.78 is 104. The van der Waals surface area contributed by atoms with Crippen molar-refractivity contribution in [2.24, 2.45) is 5.92 Å². The Morgan fingerprint density at radius 3 is 2.42 bits per heavy atom. The lowest BCUT2D eigenvalue weighted by Gasteiger charge is -2.43. The second-order valence-electron chi connectivity index (χ2n) is 8.80. The molecule has 0 saturated heterocycles. The third-order valence-corrected chi connectivity index (χ3v) is 7.83. The first-order chi connectivity index (χ1) is 17.7. The fourth-order valence-corrected chi connectivity index (χ4v) is 5.45. The highest BCUT2D eigenvalue weighted by molar-refractivity contribution is 7.92. The van der Waals surface area contributed by atoms with Crippen molar-refractivity contribution in [3.63, 3.8) is 0 Å². The first kappa shape index (κ1) is 27.4. The molecular weight excluding hydrogens is 541 g/mol. The molecule has 4 rings (SSSR count). The van der Waals surface area contributed by atoms with Crippen LogP contribution >= 0.6 is 0 Å². The van der Waals surface area contributed by atoms with Gasteiger partial charge in [0.2, 0.25) is 5.91 Å². The SMILES string of the molecule is CC(=O)NC[C@H]1CN(S(=O)(=O)c2ccc(F)cc2)c2cc(NC(=O)OCC3CC(F)(F)C3(F)F)ccc2O1. The molecule has 9 nitrogen and oxygen atoms in total. The number of carbonyl (C=O) groups is 2. The molecule has 0 spiro atoms. The Bertz CT molecular complexity index is 1340. The molecule has 2 aromatic carbocycles. The first-order valence-corrected chi connectivity index (χ1v) is 12.7. The van der Waals surface area contributed by atoms with E-state index < -0.39 is 58.8 Å². The van der Waals surface area contributed by atoms with Gasteiger partial charge >= 0.3 is 17.9 Å². The smallest absolute Gasteiger partial charge is 0.411 e. The van der Waals surface area contributed by atoms with Crippen molar-refractivity contribution in [1.29, 1.82) is 0 Å². The standard InChI is InChI=1S/C23H22F5N3O6S/c1-13(32)29-10-17-11-31(38(34,35)18-5-2-15(24)3-6-18)19-8-16(4-7-20(19)37-17)30-21(33)36-12-14-9-22(25,26)23(14,27)28/h2-8,14,17H,9-12H2,1H3,(H,29,32)(H,30,33)/t14?,17-/m0/s1. The number of rotatable bonds is 7. The van der Waals surface area contributed by atoms with Crippen molar-refractivity contribution in [3.05, 3.63) is 48.3 Å². The topological polar surface area (TPSA) is 114 Å². The van der Waals surface area contributed by atoms with Crippen molar-refractivity contribution in [3.8, 4) is 5.75 Å². The predicted octanol–water partition coefficient (Wildman–Crippen LogP) is 3.76. The van der Waals surface area contributed by atoms with Gasteiger partial charge < -0.3 is 14.8 Å². The highest BCUT2D eigenvalue weighted by atomic mass is 32.2. The third kappa shape index (κ3) is 5.33. The zero-order valence-corrected chi connectivity index (χ0v) is 20.5. The zero-order chi connectivity index (χ0) is 27.9. The number of hydrogen-bond donors (Lipinski definition) is 2. The van der Waals surface area contributed by atoms with Crippen LogP contribution in [0.15, 0.2) is 47.4 Å². The van der Waals surface area contributed by atoms with Gasteiger partial charge in [-0.3, -0.25) is 14.4 Å². The monoisotopic (exact) mass is 563 g/mol. The molecule has 0 bridgehead atoms. The average Bonchev–Trinajstić information content (AvgIpc) is 2.85. The van der Waals surface area contributed by atoms with Crippen LogP contribution in [0.5, 0.6) is 5.75 Å². The summed E-state index contributed by atoms with van der Waals surface area (Å²) in [5.41, 5.74) is -0.0287. The summed E-state index contributed by atoms with van der Waals surface area (Å²) in [5, 5.41) is 4.77. The van der Waals surface area contributed by atoms with Gasteiger partial charge in [-0.05, 0) is 42.5 Å². The van der Waals surface area contributed by atoms with Gasteiger partial charge in [0.1, 0.15) is 24.3 Å². The van der Waals surface area contributed by atoms with Gasteiger partial charge in [-0.25, -0.2) is 17.6 Å². The number of amides is 2. The van der Waals surface area contributed by atoms with Crippen LogP contribution in [0.4, 0.5) is 38.1 Å². The van der Waals surface area contributed by atoms with Gasteiger partial charge in [0, 0.05) is 19.0 Å². The van der Waals surface area contributed by atoms with E-state index in [0.29, 0.717) is 0 Å². The minimum atomic E-state index is -4.29. The molecule has 2 amide bonds. The number of sulfonamides is 1. The maximum atomic E-state index is 13.4. The Morgan fingerprint density at radius 1 is 1.13 bits per heavy atom. The molecule has 2 N–H and O–H groups in total. The van der Waals surface area contributed by atoms with Crippen LogP contribution in [0.3, 0.4) is 0 Å². The largest absolute Gasteiger partial charge is 0.484 e. The van der Waals surface area contributed by atoms with Crippen molar-refractivity contribution in [1.82, 2.24) is 5.32 Å². The molecule has 0 radical (unpaired) electrons. The number of nitrogens with zero attached hydrogens (tertiary/aromatic N) is 1. The molecule has 2 aromatic rings. The number of alkyl halides is 4. The fraction of sp³-hybridized carbons (Fsp3) is 0.391. The Morgan fingerprint density at radius 2 is 1.82 bits per heavy atom. The van der Waals surface area contributed by atoms with E-state index in [1.165, 1.54) is 25.1 Å². The fourth-order valence-electron chi connectivity index (χ4n) is 3.95. The lowest BCUT2D eigenvalue weighted by Crippen LogP contribution is -2.60. The van der Waals surface area contributed by atoms with E-state index in [1.54, 1.807) is 0 Å². The molecule has 0 aromatic heterocycles. The number of carbonyl (C=O) groups excluding carboxylic acids is 2. The summed E-state index contributed by atoms with van der Waals surface area (Å²) in [6.45, 7) is 0.0457. The third-order valence-electron chi connectivity index (χ3n) is 6.04. The molecule has 206 valence electrons. The quantitative estimate of drug-likeness (QED) is 0.496. The Balaban J connectivity index is 1.54. The van der Waals surface area contributed by atoms with Crippen LogP contribution < -0.4 is 19.7 Å². The zero-order valence-electron chi connectivity index (χ0n) is 19.7. The predicted molar refractivity (Wildman–Crippen MR) is 123 cm³/mol. The van der Waals surface area contributed by atoms with Crippen LogP contribution in [0, 0.1) is 11.7 Å². The number of halogens is 5. The van der Waals surface area contributed by atoms with Crippen LogP contribution in [0.2, 0.25) is 0 Å². The lowest BCUT2D eigenvalue weighted by atomic mass is 9.77. The first-order valence-electron chi connectivity index (χ1n) is 11.2. The second-order valence-corrected chi connectivity index (χ2v) is 10.7. The van der Waals surface area contributed by atoms with E-state index in [9.17, 15) is 40.0 Å². The number of hydrogen-bond acceptors (Lipinski definition) is 6. The lowest BCUT2D eigenvalue weighted by molar-refractivity contribution is -0.318. The molecule has 2 aliphatic rings. The summed E-state index contributed by atoms with van der Waals surface area (Å²) in [6.07, 6.45) is -3.14. The molecule has 1 aliphatic carbocycles. The van der Waals surface area contributed by atoms with Crippen molar-refractivity contribution in [2.45, 2.75) is 36.2 Å². The summed E-state index contributed by atoms with van der Waals surface area (Å²) in [4.78, 5) is 23.2. The molecule has 1 saturated carbocycles. The van der Waals surface area contributed by atoms with E-state index in [4.69, 9.17) is 4.74 Å². The summed E-state index contributed by atoms with van der Waals surface area (Å²) in [7, 11) is -4.27. The number of ether oxygens (including phenoxy) is 2. The maximum Gasteiger partial charge on any atom is 0.411 e. The number of fused-ring (bicyclic) bond motifs is 1. The van der Waals surface area contributed by atoms with Gasteiger partial charge in [0.15, 0.2) is 0 Å². The van der Waals surface area contributed by atoms with Gasteiger partial charge in [0.05, 0.1) is 29.6 Å². The highest BCUT2D eigenvalue weighted by Gasteiger charge is 2.71. The van der Waals surface area contributed by atoms with Crippen molar-refractivity contribution in [2.75, 3.05) is 29.3 Å². The van der Waals surface area contributed by atoms with Gasteiger partial charge in [-0.15, -0.1) is 0 Å². The maximum absolute atomic E-state index is 13.4. The van der Waals surface area contributed by atoms with Gasteiger partial charge in [-0.2, -0.15) is 17.6 Å². The highest BCUT2D eigenvalue weighted by Crippen LogP contribution is 2.55. The Labute approximate surface area is 213 Å². The summed E-state index contributed by atoms with van der Waals surface area (Å²) in [5.74, 6) is -11.2. The van der Waals surface area contributed by atoms with Crippen LogP contribution in [-0.2, 0) is 19.6 Å². The van der Waals surface area contributed by atoms with E-state index >= 15 is 0 Å². The second kappa shape index (κ2) is 9.93. The molecule has 1 unspecified atom stereocenters. The number of nitrogens with one attached hydrogen (secondary N) is 2. The minimum Gasteiger partial charge on any atom is -0.484 e. The molecule has 2 atom stereocenters. The molecule has 1 heterocycles. The number of anilines is 2. The van der Waals surface area contributed by atoms with Crippen LogP contribution in [0.1, 0.15) is 13.3 Å². The summed E-state index contributed by atoms with van der Waals surface area (Å²) in [6, 6.07) is 7.95. The normalized spacial score (nSPS) is 21.4.